The van der Waals surface area contributed by atoms with Gasteiger partial charge in [-0.05, 0) is 24.6 Å². The molecule has 0 aliphatic carbocycles. The van der Waals surface area contributed by atoms with Crippen LogP contribution in [-0.4, -0.2) is 23.4 Å². The monoisotopic (exact) mass is 254 g/mol. The van der Waals surface area contributed by atoms with Crippen molar-refractivity contribution in [2.45, 2.75) is 36.3 Å². The Labute approximate surface area is 106 Å². The Hall–Kier alpha value is -1.16. The van der Waals surface area contributed by atoms with E-state index in [-0.39, 0.29) is 5.25 Å². The maximum Gasteiger partial charge on any atom is 0.316 e. The maximum atomic E-state index is 11.1. The lowest BCUT2D eigenvalue weighted by atomic mass is 10.2. The molecule has 0 saturated heterocycles. The van der Waals surface area contributed by atoms with Crippen molar-refractivity contribution in [3.05, 3.63) is 24.3 Å². The first kappa shape index (κ1) is 13.9. The molecule has 0 heterocycles. The molecule has 0 amide bonds. The Balaban J connectivity index is 2.67. The number of thioether (sulfide) groups is 1. The predicted molar refractivity (Wildman–Crippen MR) is 69.8 cm³/mol. The van der Waals surface area contributed by atoms with Crippen LogP contribution in [0.1, 0.15) is 26.2 Å². The van der Waals surface area contributed by atoms with Crippen molar-refractivity contribution >= 4 is 17.7 Å². The van der Waals surface area contributed by atoms with Crippen LogP contribution in [0.25, 0.3) is 0 Å². The van der Waals surface area contributed by atoms with Gasteiger partial charge in [0.25, 0.3) is 0 Å². The number of unbranched alkanes of at least 4 members (excludes halogenated alkanes) is 1. The molecule has 1 aromatic carbocycles. The first-order valence-electron chi connectivity index (χ1n) is 5.71. The third-order valence-corrected chi connectivity index (χ3v) is 3.66. The summed E-state index contributed by atoms with van der Waals surface area (Å²) in [6.07, 6.45) is 2.66. The van der Waals surface area contributed by atoms with Crippen LogP contribution in [0.2, 0.25) is 0 Å². The van der Waals surface area contributed by atoms with E-state index >= 15 is 0 Å². The Bertz CT molecular complexity index is 365. The molecule has 1 atom stereocenters. The summed E-state index contributed by atoms with van der Waals surface area (Å²) in [5.74, 6) is 0.0147. The molecule has 17 heavy (non-hydrogen) atoms. The first-order valence-corrected chi connectivity index (χ1v) is 6.58. The predicted octanol–water partition coefficient (Wildman–Crippen LogP) is 3.43. The van der Waals surface area contributed by atoms with Crippen LogP contribution in [0.4, 0.5) is 0 Å². The minimum absolute atomic E-state index is 0.373. The molecule has 0 radical (unpaired) electrons. The van der Waals surface area contributed by atoms with Gasteiger partial charge in [-0.25, -0.2) is 0 Å². The molecule has 3 nitrogen and oxygen atoms in total. The lowest BCUT2D eigenvalue weighted by Crippen LogP contribution is -2.15. The average molecular weight is 254 g/mol. The lowest BCUT2D eigenvalue weighted by molar-refractivity contribution is -0.136. The fourth-order valence-corrected chi connectivity index (χ4v) is 2.52. The smallest absolute Gasteiger partial charge is 0.316 e. The van der Waals surface area contributed by atoms with Gasteiger partial charge in [-0.2, -0.15) is 0 Å². The number of benzene rings is 1. The summed E-state index contributed by atoms with van der Waals surface area (Å²) in [5, 5.41) is 8.76. The third kappa shape index (κ3) is 4.69. The molecule has 1 aromatic rings. The number of hydrogen-bond donors (Lipinski definition) is 1. The van der Waals surface area contributed by atoms with Crippen LogP contribution in [-0.2, 0) is 4.79 Å². The highest BCUT2D eigenvalue weighted by Crippen LogP contribution is 2.29. The van der Waals surface area contributed by atoms with Crippen molar-refractivity contribution < 1.29 is 14.6 Å². The van der Waals surface area contributed by atoms with Crippen molar-refractivity contribution in [3.63, 3.8) is 0 Å². The van der Waals surface area contributed by atoms with Crippen molar-refractivity contribution in [1.29, 1.82) is 0 Å². The lowest BCUT2D eigenvalue weighted by Gasteiger charge is -2.11. The first-order chi connectivity index (χ1) is 8.17. The van der Waals surface area contributed by atoms with E-state index in [4.69, 9.17) is 9.84 Å². The molecule has 1 unspecified atom stereocenters. The second-order valence-electron chi connectivity index (χ2n) is 3.77. The van der Waals surface area contributed by atoms with Crippen molar-refractivity contribution in [1.82, 2.24) is 0 Å². The molecule has 1 rings (SSSR count). The van der Waals surface area contributed by atoms with E-state index in [1.807, 2.05) is 24.3 Å². The molecule has 0 aromatic heterocycles. The molecular weight excluding hydrogens is 236 g/mol. The van der Waals surface area contributed by atoms with E-state index in [1.165, 1.54) is 11.8 Å². The molecule has 0 saturated carbocycles. The van der Waals surface area contributed by atoms with E-state index in [9.17, 15) is 4.79 Å². The number of carbonyl (C=O) groups is 1. The van der Waals surface area contributed by atoms with Crippen LogP contribution < -0.4 is 4.74 Å². The molecule has 0 spiro atoms. The average Bonchev–Trinajstić information content (AvgIpc) is 2.34. The van der Waals surface area contributed by atoms with Crippen molar-refractivity contribution in [3.8, 4) is 5.75 Å². The number of carboxylic acid groups (broad SMARTS) is 1. The number of carboxylic acids is 1. The summed E-state index contributed by atoms with van der Waals surface area (Å²) >= 11 is 1.39. The molecule has 0 aliphatic heterocycles. The Morgan fingerprint density at radius 1 is 1.53 bits per heavy atom. The van der Waals surface area contributed by atoms with Gasteiger partial charge in [0.1, 0.15) is 11.0 Å². The third-order valence-electron chi connectivity index (χ3n) is 2.41. The van der Waals surface area contributed by atoms with E-state index in [1.54, 1.807) is 7.11 Å². The highest BCUT2D eigenvalue weighted by atomic mass is 32.2. The zero-order valence-electron chi connectivity index (χ0n) is 10.2. The second-order valence-corrected chi connectivity index (χ2v) is 5.04. The Kier molecular flexibility index (Phi) is 5.91. The zero-order valence-corrected chi connectivity index (χ0v) is 11.0. The van der Waals surface area contributed by atoms with Crippen LogP contribution in [0.5, 0.6) is 5.75 Å². The number of rotatable bonds is 7. The molecule has 1 N–H and O–H groups in total. The molecule has 0 fully saturated rings. The largest absolute Gasteiger partial charge is 0.497 e. The molecule has 0 aliphatic rings. The van der Waals surface area contributed by atoms with E-state index in [0.29, 0.717) is 6.42 Å². The Morgan fingerprint density at radius 2 is 2.29 bits per heavy atom. The summed E-state index contributed by atoms with van der Waals surface area (Å²) < 4.78 is 5.12. The van der Waals surface area contributed by atoms with Crippen LogP contribution in [0.3, 0.4) is 0 Å². The van der Waals surface area contributed by atoms with Gasteiger partial charge < -0.3 is 9.84 Å². The molecule has 4 heteroatoms. The minimum Gasteiger partial charge on any atom is -0.497 e. The topological polar surface area (TPSA) is 46.5 Å². The van der Waals surface area contributed by atoms with Gasteiger partial charge >= 0.3 is 5.97 Å². The van der Waals surface area contributed by atoms with Crippen LogP contribution >= 0.6 is 11.8 Å². The van der Waals surface area contributed by atoms with Crippen molar-refractivity contribution in [2.75, 3.05) is 7.11 Å². The van der Waals surface area contributed by atoms with Crippen LogP contribution in [0, 0.1) is 0 Å². The molecule has 0 bridgehead atoms. The summed E-state index contributed by atoms with van der Waals surface area (Å²) in [7, 11) is 1.61. The van der Waals surface area contributed by atoms with Gasteiger partial charge in [0.2, 0.25) is 0 Å². The van der Waals surface area contributed by atoms with Gasteiger partial charge in [0, 0.05) is 4.90 Å². The zero-order chi connectivity index (χ0) is 12.7. The van der Waals surface area contributed by atoms with E-state index in [2.05, 4.69) is 6.92 Å². The van der Waals surface area contributed by atoms with Crippen molar-refractivity contribution in [2.24, 2.45) is 0 Å². The highest BCUT2D eigenvalue weighted by Gasteiger charge is 2.18. The van der Waals surface area contributed by atoms with E-state index in [0.717, 1.165) is 23.5 Å². The summed E-state index contributed by atoms with van der Waals surface area (Å²) in [4.78, 5) is 12.0. The number of ether oxygens (including phenoxy) is 1. The summed E-state index contributed by atoms with van der Waals surface area (Å²) in [6.45, 7) is 2.06. The number of methoxy groups -OCH3 is 1. The fourth-order valence-electron chi connectivity index (χ4n) is 1.46. The molecule has 94 valence electrons. The highest BCUT2D eigenvalue weighted by molar-refractivity contribution is 8.00. The van der Waals surface area contributed by atoms with Gasteiger partial charge in [-0.15, -0.1) is 11.8 Å². The van der Waals surface area contributed by atoms with Gasteiger partial charge in [0.05, 0.1) is 7.11 Å². The Morgan fingerprint density at radius 3 is 2.88 bits per heavy atom. The minimum atomic E-state index is -0.744. The number of hydrogen-bond acceptors (Lipinski definition) is 3. The van der Waals surface area contributed by atoms with Gasteiger partial charge in [0.15, 0.2) is 0 Å². The molecular formula is C13H18O3S. The maximum absolute atomic E-state index is 11.1. The summed E-state index contributed by atoms with van der Waals surface area (Å²) in [6, 6.07) is 7.51. The standard InChI is InChI=1S/C13H18O3S/c1-3-4-8-12(13(14)15)17-11-7-5-6-10(9-11)16-2/h5-7,9,12H,3-4,8H2,1-2H3,(H,14,15). The SMILES string of the molecule is CCCCC(Sc1cccc(OC)c1)C(=O)O. The fraction of sp³-hybridized carbons (Fsp3) is 0.462. The normalized spacial score (nSPS) is 12.1. The van der Waals surface area contributed by atoms with Gasteiger partial charge in [-0.3, -0.25) is 4.79 Å². The quantitative estimate of drug-likeness (QED) is 0.757. The second kappa shape index (κ2) is 7.22. The summed E-state index contributed by atoms with van der Waals surface area (Å²) in [5.41, 5.74) is 0. The van der Waals surface area contributed by atoms with Gasteiger partial charge in [-0.1, -0.05) is 25.8 Å². The van der Waals surface area contributed by atoms with Crippen LogP contribution in [0.15, 0.2) is 29.2 Å². The number of aliphatic carboxylic acids is 1. The van der Waals surface area contributed by atoms with E-state index < -0.39 is 5.97 Å².